The first kappa shape index (κ1) is 20.7. The molecule has 0 fully saturated rings. The summed E-state index contributed by atoms with van der Waals surface area (Å²) in [6.07, 6.45) is 1.49. The molecule has 1 N–H and O–H groups in total. The standard InChI is InChI=1S/C24H19Cl2N3O3/c1-27-21-7-8-28(24(31)32)13-19(21)18-5-3-16(12-22(18)27)29-9-6-14(10-23(29)30)17-4-2-15(25)11-20(17)26/h2-6,9-12H,7-8,13H2,1H3,(H,31,32). The van der Waals surface area contributed by atoms with E-state index in [0.29, 0.717) is 29.6 Å². The minimum absolute atomic E-state index is 0.177. The van der Waals surface area contributed by atoms with Crippen molar-refractivity contribution in [1.29, 1.82) is 0 Å². The smallest absolute Gasteiger partial charge is 0.407 e. The second-order valence-electron chi connectivity index (χ2n) is 7.89. The summed E-state index contributed by atoms with van der Waals surface area (Å²) in [5, 5.41) is 11.4. The van der Waals surface area contributed by atoms with Gasteiger partial charge in [-0.2, -0.15) is 0 Å². The van der Waals surface area contributed by atoms with Crippen molar-refractivity contribution in [3.8, 4) is 16.8 Å². The van der Waals surface area contributed by atoms with Gasteiger partial charge in [0, 0.05) is 64.5 Å². The van der Waals surface area contributed by atoms with E-state index in [9.17, 15) is 14.7 Å². The number of hydrogen-bond donors (Lipinski definition) is 1. The molecule has 162 valence electrons. The van der Waals surface area contributed by atoms with E-state index < -0.39 is 6.09 Å². The van der Waals surface area contributed by atoms with Gasteiger partial charge in [-0.15, -0.1) is 0 Å². The maximum absolute atomic E-state index is 12.9. The summed E-state index contributed by atoms with van der Waals surface area (Å²) < 4.78 is 3.68. The highest BCUT2D eigenvalue weighted by Gasteiger charge is 2.25. The lowest BCUT2D eigenvalue weighted by Gasteiger charge is -2.25. The van der Waals surface area contributed by atoms with Crippen molar-refractivity contribution in [1.82, 2.24) is 14.0 Å². The Labute approximate surface area is 193 Å². The highest BCUT2D eigenvalue weighted by molar-refractivity contribution is 6.36. The number of carbonyl (C=O) groups is 1. The van der Waals surface area contributed by atoms with Crippen LogP contribution in [0.4, 0.5) is 4.79 Å². The van der Waals surface area contributed by atoms with Gasteiger partial charge in [0.2, 0.25) is 0 Å². The minimum atomic E-state index is -0.906. The van der Waals surface area contributed by atoms with Crippen LogP contribution in [0.5, 0.6) is 0 Å². The van der Waals surface area contributed by atoms with Gasteiger partial charge in [0.05, 0.1) is 17.7 Å². The summed E-state index contributed by atoms with van der Waals surface area (Å²) in [7, 11) is 1.98. The van der Waals surface area contributed by atoms with Crippen LogP contribution in [0.2, 0.25) is 10.0 Å². The van der Waals surface area contributed by atoms with Gasteiger partial charge in [0.1, 0.15) is 0 Å². The van der Waals surface area contributed by atoms with Gasteiger partial charge >= 0.3 is 6.09 Å². The number of pyridine rings is 1. The van der Waals surface area contributed by atoms with E-state index in [0.717, 1.165) is 39.0 Å². The first-order valence-corrected chi connectivity index (χ1v) is 10.9. The number of fused-ring (bicyclic) bond motifs is 3. The fourth-order valence-electron chi connectivity index (χ4n) is 4.46. The molecule has 6 nitrogen and oxygen atoms in total. The average Bonchev–Trinajstić information content (AvgIpc) is 3.05. The normalized spacial score (nSPS) is 13.4. The van der Waals surface area contributed by atoms with Crippen LogP contribution in [0.1, 0.15) is 11.3 Å². The molecule has 3 heterocycles. The van der Waals surface area contributed by atoms with Crippen molar-refractivity contribution in [2.24, 2.45) is 7.05 Å². The van der Waals surface area contributed by atoms with Crippen LogP contribution in [0.25, 0.3) is 27.7 Å². The predicted molar refractivity (Wildman–Crippen MR) is 126 cm³/mol. The summed E-state index contributed by atoms with van der Waals surface area (Å²) in [5.41, 5.74) is 5.16. The number of halogens is 2. The summed E-state index contributed by atoms with van der Waals surface area (Å²) >= 11 is 12.3. The summed E-state index contributed by atoms with van der Waals surface area (Å²) in [6, 6.07) is 14.4. The van der Waals surface area contributed by atoms with Gasteiger partial charge < -0.3 is 14.6 Å². The maximum Gasteiger partial charge on any atom is 0.407 e. The largest absolute Gasteiger partial charge is 0.465 e. The van der Waals surface area contributed by atoms with Gasteiger partial charge in [-0.25, -0.2) is 4.79 Å². The Bertz CT molecular complexity index is 1460. The predicted octanol–water partition coefficient (Wildman–Crippen LogP) is 5.34. The van der Waals surface area contributed by atoms with Gasteiger partial charge in [0.15, 0.2) is 0 Å². The average molecular weight is 468 g/mol. The van der Waals surface area contributed by atoms with Crippen LogP contribution in [0, 0.1) is 0 Å². The van der Waals surface area contributed by atoms with Gasteiger partial charge in [-0.05, 0) is 35.9 Å². The van der Waals surface area contributed by atoms with Crippen molar-refractivity contribution >= 4 is 40.2 Å². The van der Waals surface area contributed by atoms with Crippen LogP contribution in [0.3, 0.4) is 0 Å². The molecule has 2 aromatic carbocycles. The first-order valence-electron chi connectivity index (χ1n) is 10.1. The molecule has 0 aliphatic carbocycles. The van der Waals surface area contributed by atoms with Gasteiger partial charge in [0.25, 0.3) is 5.56 Å². The van der Waals surface area contributed by atoms with Crippen molar-refractivity contribution in [3.05, 3.63) is 86.4 Å². The highest BCUT2D eigenvalue weighted by Crippen LogP contribution is 2.32. The van der Waals surface area contributed by atoms with E-state index in [2.05, 4.69) is 4.57 Å². The second-order valence-corrected chi connectivity index (χ2v) is 8.73. The quantitative estimate of drug-likeness (QED) is 0.432. The molecule has 5 rings (SSSR count). The van der Waals surface area contributed by atoms with Crippen molar-refractivity contribution in [3.63, 3.8) is 0 Å². The highest BCUT2D eigenvalue weighted by atomic mass is 35.5. The molecule has 0 atom stereocenters. The molecular weight excluding hydrogens is 449 g/mol. The van der Waals surface area contributed by atoms with Crippen LogP contribution < -0.4 is 5.56 Å². The van der Waals surface area contributed by atoms with Crippen molar-refractivity contribution in [2.75, 3.05) is 6.54 Å². The lowest BCUT2D eigenvalue weighted by atomic mass is 10.0. The lowest BCUT2D eigenvalue weighted by Crippen LogP contribution is -2.34. The van der Waals surface area contributed by atoms with E-state index in [-0.39, 0.29) is 5.56 Å². The fourth-order valence-corrected chi connectivity index (χ4v) is 4.98. The molecular formula is C24H19Cl2N3O3. The topological polar surface area (TPSA) is 67.5 Å². The number of rotatable bonds is 2. The Kier molecular flexibility index (Phi) is 4.99. The molecule has 4 aromatic rings. The van der Waals surface area contributed by atoms with E-state index in [1.807, 2.05) is 31.3 Å². The monoisotopic (exact) mass is 467 g/mol. The van der Waals surface area contributed by atoms with Crippen molar-refractivity contribution < 1.29 is 9.90 Å². The summed E-state index contributed by atoms with van der Waals surface area (Å²) in [6.45, 7) is 0.853. The van der Waals surface area contributed by atoms with E-state index in [1.54, 1.807) is 35.0 Å². The first-order chi connectivity index (χ1) is 15.3. The molecule has 0 bridgehead atoms. The molecule has 0 radical (unpaired) electrons. The molecule has 32 heavy (non-hydrogen) atoms. The third-order valence-corrected chi connectivity index (χ3v) is 6.65. The van der Waals surface area contributed by atoms with E-state index >= 15 is 0 Å². The molecule has 1 aliphatic rings. The number of benzene rings is 2. The van der Waals surface area contributed by atoms with E-state index in [1.165, 1.54) is 4.90 Å². The number of aryl methyl sites for hydroxylation is 1. The fraction of sp³-hybridized carbons (Fsp3) is 0.167. The zero-order valence-corrected chi connectivity index (χ0v) is 18.7. The SMILES string of the molecule is Cn1c2c(c3ccc(-n4ccc(-c5ccc(Cl)cc5Cl)cc4=O)cc31)CN(C(=O)O)CC2. The summed E-state index contributed by atoms with van der Waals surface area (Å²) in [4.78, 5) is 25.8. The van der Waals surface area contributed by atoms with Gasteiger partial charge in [-0.3, -0.25) is 9.36 Å². The zero-order valence-electron chi connectivity index (χ0n) is 17.2. The zero-order chi connectivity index (χ0) is 22.6. The minimum Gasteiger partial charge on any atom is -0.465 e. The Balaban J connectivity index is 1.56. The van der Waals surface area contributed by atoms with Crippen LogP contribution >= 0.6 is 23.2 Å². The van der Waals surface area contributed by atoms with Crippen LogP contribution in [-0.2, 0) is 20.0 Å². The Hall–Kier alpha value is -3.22. The Morgan fingerprint density at radius 1 is 1.06 bits per heavy atom. The molecule has 0 saturated heterocycles. The molecule has 0 saturated carbocycles. The second kappa shape index (κ2) is 7.73. The number of aromatic nitrogens is 2. The van der Waals surface area contributed by atoms with Crippen LogP contribution in [-0.4, -0.2) is 31.8 Å². The molecule has 0 spiro atoms. The number of hydrogen-bond acceptors (Lipinski definition) is 2. The maximum atomic E-state index is 12.9. The van der Waals surface area contributed by atoms with E-state index in [4.69, 9.17) is 23.2 Å². The molecule has 0 unspecified atom stereocenters. The Morgan fingerprint density at radius 3 is 2.59 bits per heavy atom. The number of nitrogens with zero attached hydrogens (tertiary/aromatic N) is 3. The van der Waals surface area contributed by atoms with Gasteiger partial charge in [-0.1, -0.05) is 35.3 Å². The Morgan fingerprint density at radius 2 is 1.88 bits per heavy atom. The molecule has 1 aliphatic heterocycles. The third kappa shape index (κ3) is 3.36. The molecule has 2 aromatic heterocycles. The lowest BCUT2D eigenvalue weighted by molar-refractivity contribution is 0.139. The summed E-state index contributed by atoms with van der Waals surface area (Å²) in [5.74, 6) is 0. The van der Waals surface area contributed by atoms with Crippen molar-refractivity contribution in [2.45, 2.75) is 13.0 Å². The molecule has 1 amide bonds. The van der Waals surface area contributed by atoms with Crippen LogP contribution in [0.15, 0.2) is 59.5 Å². The number of amides is 1. The third-order valence-electron chi connectivity index (χ3n) is 6.10. The number of carboxylic acid groups (broad SMARTS) is 1. The molecule has 8 heteroatoms.